The molecule has 0 unspecified atom stereocenters. The van der Waals surface area contributed by atoms with Gasteiger partial charge in [-0.25, -0.2) is 4.39 Å². The Morgan fingerprint density at radius 1 is 1.00 bits per heavy atom. The molecule has 94 valence electrons. The first kappa shape index (κ1) is 12.8. The molecule has 2 rings (SSSR count). The number of rotatable bonds is 4. The molecule has 0 fully saturated rings. The van der Waals surface area contributed by atoms with Crippen LogP contribution >= 0.6 is 0 Å². The standard InChI is InChI=1S/C16H17FO/c1-12-4-7-15(11-16(12)17)14-8-5-13(6-9-14)3-2-10-18/h4-9,11,18H,2-3,10H2,1H3. The van der Waals surface area contributed by atoms with Gasteiger partial charge in [-0.3, -0.25) is 0 Å². The molecular formula is C16H17FO. The first-order chi connectivity index (χ1) is 8.70. The van der Waals surface area contributed by atoms with E-state index in [0.717, 1.165) is 24.0 Å². The SMILES string of the molecule is Cc1ccc(-c2ccc(CCCO)cc2)cc1F. The third kappa shape index (κ3) is 2.96. The highest BCUT2D eigenvalue weighted by molar-refractivity contribution is 5.64. The molecule has 2 aromatic carbocycles. The van der Waals surface area contributed by atoms with Crippen molar-refractivity contribution < 1.29 is 9.50 Å². The van der Waals surface area contributed by atoms with Gasteiger partial charge in [0.05, 0.1) is 0 Å². The number of hydrogen-bond donors (Lipinski definition) is 1. The molecule has 0 aromatic heterocycles. The number of aryl methyl sites for hydroxylation is 2. The Labute approximate surface area is 107 Å². The summed E-state index contributed by atoms with van der Waals surface area (Å²) in [5, 5.41) is 8.78. The molecule has 1 nitrogen and oxygen atoms in total. The van der Waals surface area contributed by atoms with Crippen LogP contribution in [0.15, 0.2) is 42.5 Å². The highest BCUT2D eigenvalue weighted by Crippen LogP contribution is 2.22. The Morgan fingerprint density at radius 2 is 1.67 bits per heavy atom. The fourth-order valence-electron chi connectivity index (χ4n) is 1.92. The monoisotopic (exact) mass is 244 g/mol. The van der Waals surface area contributed by atoms with Crippen LogP contribution in [0.1, 0.15) is 17.5 Å². The third-order valence-electron chi connectivity index (χ3n) is 3.08. The van der Waals surface area contributed by atoms with Gasteiger partial charge < -0.3 is 5.11 Å². The summed E-state index contributed by atoms with van der Waals surface area (Å²) in [6.45, 7) is 1.97. The minimum atomic E-state index is -0.170. The van der Waals surface area contributed by atoms with E-state index in [2.05, 4.69) is 0 Å². The molecule has 2 heteroatoms. The predicted molar refractivity (Wildman–Crippen MR) is 72.0 cm³/mol. The summed E-state index contributed by atoms with van der Waals surface area (Å²) < 4.78 is 13.5. The Balaban J connectivity index is 2.20. The zero-order chi connectivity index (χ0) is 13.0. The van der Waals surface area contributed by atoms with E-state index < -0.39 is 0 Å². The van der Waals surface area contributed by atoms with Crippen molar-refractivity contribution in [2.24, 2.45) is 0 Å². The molecule has 0 spiro atoms. The van der Waals surface area contributed by atoms with Crippen LogP contribution in [0.2, 0.25) is 0 Å². The van der Waals surface area contributed by atoms with Gasteiger partial charge in [0.25, 0.3) is 0 Å². The summed E-state index contributed by atoms with van der Waals surface area (Å²) in [6.07, 6.45) is 1.65. The molecule has 0 amide bonds. The van der Waals surface area contributed by atoms with Crippen molar-refractivity contribution in [3.63, 3.8) is 0 Å². The van der Waals surface area contributed by atoms with Gasteiger partial charge in [0.15, 0.2) is 0 Å². The Kier molecular flexibility index (Phi) is 4.11. The van der Waals surface area contributed by atoms with Gasteiger partial charge in [-0.2, -0.15) is 0 Å². The van der Waals surface area contributed by atoms with Crippen LogP contribution in [0.25, 0.3) is 11.1 Å². The van der Waals surface area contributed by atoms with Crippen molar-refractivity contribution in [2.75, 3.05) is 6.61 Å². The molecule has 0 atom stereocenters. The maximum absolute atomic E-state index is 13.5. The molecule has 18 heavy (non-hydrogen) atoms. The van der Waals surface area contributed by atoms with Gasteiger partial charge in [-0.15, -0.1) is 0 Å². The van der Waals surface area contributed by atoms with Crippen LogP contribution in [-0.2, 0) is 6.42 Å². The molecular weight excluding hydrogens is 227 g/mol. The number of aliphatic hydroxyl groups is 1. The van der Waals surface area contributed by atoms with E-state index in [1.807, 2.05) is 30.3 Å². The quantitative estimate of drug-likeness (QED) is 0.869. The van der Waals surface area contributed by atoms with Crippen molar-refractivity contribution in [2.45, 2.75) is 19.8 Å². The van der Waals surface area contributed by atoms with Gasteiger partial charge in [0, 0.05) is 6.61 Å². The molecule has 0 aliphatic rings. The molecule has 0 heterocycles. The van der Waals surface area contributed by atoms with Crippen LogP contribution in [0.4, 0.5) is 4.39 Å². The number of aliphatic hydroxyl groups excluding tert-OH is 1. The van der Waals surface area contributed by atoms with Crippen molar-refractivity contribution in [3.05, 3.63) is 59.4 Å². The topological polar surface area (TPSA) is 20.2 Å². The highest BCUT2D eigenvalue weighted by Gasteiger charge is 2.02. The number of hydrogen-bond acceptors (Lipinski definition) is 1. The van der Waals surface area contributed by atoms with E-state index in [1.165, 1.54) is 5.56 Å². The molecule has 0 saturated carbocycles. The second kappa shape index (κ2) is 5.78. The molecule has 2 aromatic rings. The fourth-order valence-corrected chi connectivity index (χ4v) is 1.92. The first-order valence-corrected chi connectivity index (χ1v) is 6.17. The third-order valence-corrected chi connectivity index (χ3v) is 3.08. The Morgan fingerprint density at radius 3 is 2.28 bits per heavy atom. The minimum absolute atomic E-state index is 0.170. The molecule has 0 bridgehead atoms. The average molecular weight is 244 g/mol. The van der Waals surface area contributed by atoms with E-state index in [4.69, 9.17) is 5.11 Å². The van der Waals surface area contributed by atoms with Gasteiger partial charge in [-0.05, 0) is 48.1 Å². The van der Waals surface area contributed by atoms with Gasteiger partial charge in [0.2, 0.25) is 0 Å². The van der Waals surface area contributed by atoms with Crippen molar-refractivity contribution >= 4 is 0 Å². The summed E-state index contributed by atoms with van der Waals surface area (Å²) in [7, 11) is 0. The summed E-state index contributed by atoms with van der Waals surface area (Å²) >= 11 is 0. The summed E-state index contributed by atoms with van der Waals surface area (Å²) in [5.41, 5.74) is 3.77. The lowest BCUT2D eigenvalue weighted by Gasteiger charge is -2.05. The fraction of sp³-hybridized carbons (Fsp3) is 0.250. The van der Waals surface area contributed by atoms with E-state index in [1.54, 1.807) is 19.1 Å². The van der Waals surface area contributed by atoms with Crippen molar-refractivity contribution in [1.29, 1.82) is 0 Å². The normalized spacial score (nSPS) is 10.6. The lowest BCUT2D eigenvalue weighted by atomic mass is 10.0. The lowest BCUT2D eigenvalue weighted by Crippen LogP contribution is -1.89. The summed E-state index contributed by atoms with van der Waals surface area (Å²) in [6, 6.07) is 13.3. The van der Waals surface area contributed by atoms with Crippen molar-refractivity contribution in [3.8, 4) is 11.1 Å². The Hall–Kier alpha value is -1.67. The highest BCUT2D eigenvalue weighted by atomic mass is 19.1. The van der Waals surface area contributed by atoms with E-state index >= 15 is 0 Å². The summed E-state index contributed by atoms with van der Waals surface area (Å²) in [5.74, 6) is -0.170. The maximum Gasteiger partial charge on any atom is 0.126 e. The molecule has 0 aliphatic carbocycles. The van der Waals surface area contributed by atoms with E-state index in [-0.39, 0.29) is 12.4 Å². The molecule has 0 saturated heterocycles. The second-order valence-electron chi connectivity index (χ2n) is 4.49. The second-order valence-corrected chi connectivity index (χ2v) is 4.49. The molecule has 0 radical (unpaired) electrons. The van der Waals surface area contributed by atoms with Crippen LogP contribution in [0.5, 0.6) is 0 Å². The van der Waals surface area contributed by atoms with Crippen LogP contribution in [0, 0.1) is 12.7 Å². The zero-order valence-electron chi connectivity index (χ0n) is 10.5. The van der Waals surface area contributed by atoms with E-state index in [9.17, 15) is 4.39 Å². The van der Waals surface area contributed by atoms with Gasteiger partial charge in [0.1, 0.15) is 5.82 Å². The predicted octanol–water partition coefficient (Wildman–Crippen LogP) is 3.73. The van der Waals surface area contributed by atoms with Crippen LogP contribution < -0.4 is 0 Å². The van der Waals surface area contributed by atoms with Crippen molar-refractivity contribution in [1.82, 2.24) is 0 Å². The number of halogens is 1. The Bertz CT molecular complexity index is 517. The average Bonchev–Trinajstić information content (AvgIpc) is 2.40. The van der Waals surface area contributed by atoms with Crippen LogP contribution in [-0.4, -0.2) is 11.7 Å². The first-order valence-electron chi connectivity index (χ1n) is 6.17. The summed E-state index contributed by atoms with van der Waals surface area (Å²) in [4.78, 5) is 0. The molecule has 1 N–H and O–H groups in total. The van der Waals surface area contributed by atoms with Crippen LogP contribution in [0.3, 0.4) is 0 Å². The largest absolute Gasteiger partial charge is 0.396 e. The van der Waals surface area contributed by atoms with E-state index in [0.29, 0.717) is 5.56 Å². The van der Waals surface area contributed by atoms with Gasteiger partial charge >= 0.3 is 0 Å². The number of benzene rings is 2. The smallest absolute Gasteiger partial charge is 0.126 e. The maximum atomic E-state index is 13.5. The zero-order valence-corrected chi connectivity index (χ0v) is 10.5. The lowest BCUT2D eigenvalue weighted by molar-refractivity contribution is 0.288. The van der Waals surface area contributed by atoms with Gasteiger partial charge in [-0.1, -0.05) is 36.4 Å². The minimum Gasteiger partial charge on any atom is -0.396 e. The molecule has 0 aliphatic heterocycles.